The van der Waals surface area contributed by atoms with Crippen molar-refractivity contribution in [3.05, 3.63) is 24.0 Å². The average molecular weight is 331 g/mol. The topological polar surface area (TPSA) is 62.7 Å². The van der Waals surface area contributed by atoms with Crippen molar-refractivity contribution in [2.45, 2.75) is 39.2 Å². The Morgan fingerprint density at radius 2 is 2.12 bits per heavy atom. The van der Waals surface area contributed by atoms with E-state index in [9.17, 15) is 9.59 Å². The van der Waals surface area contributed by atoms with E-state index < -0.39 is 0 Å². The maximum absolute atomic E-state index is 12.6. The molecule has 2 saturated heterocycles. The molecule has 0 bridgehead atoms. The Kier molecular flexibility index (Phi) is 5.02. The molecular formula is C18H25N3O3. The van der Waals surface area contributed by atoms with E-state index in [0.717, 1.165) is 24.2 Å². The molecule has 0 spiro atoms. The number of nitrogens with zero attached hydrogens (tertiary/aromatic N) is 3. The highest BCUT2D eigenvalue weighted by atomic mass is 16.5. The normalized spacial score (nSPS) is 22.1. The van der Waals surface area contributed by atoms with Crippen molar-refractivity contribution in [1.29, 1.82) is 0 Å². The highest BCUT2D eigenvalue weighted by Crippen LogP contribution is 2.24. The quantitative estimate of drug-likeness (QED) is 0.841. The van der Waals surface area contributed by atoms with Gasteiger partial charge >= 0.3 is 0 Å². The molecule has 2 amide bonds. The lowest BCUT2D eigenvalue weighted by molar-refractivity contribution is -0.137. The minimum absolute atomic E-state index is 0.0993. The molecule has 0 radical (unpaired) electrons. The number of hydrogen-bond acceptors (Lipinski definition) is 4. The molecule has 0 unspecified atom stereocenters. The van der Waals surface area contributed by atoms with Crippen molar-refractivity contribution >= 4 is 11.8 Å². The Morgan fingerprint density at radius 1 is 1.38 bits per heavy atom. The average Bonchev–Trinajstić information content (AvgIpc) is 2.98. The van der Waals surface area contributed by atoms with Gasteiger partial charge in [-0.1, -0.05) is 0 Å². The van der Waals surface area contributed by atoms with Crippen LogP contribution in [0.3, 0.4) is 0 Å². The number of piperidine rings is 1. The maximum Gasteiger partial charge on any atom is 0.227 e. The predicted octanol–water partition coefficient (Wildman–Crippen LogP) is 1.63. The van der Waals surface area contributed by atoms with Gasteiger partial charge in [-0.2, -0.15) is 0 Å². The third-order valence-electron chi connectivity index (χ3n) is 4.96. The fourth-order valence-electron chi connectivity index (χ4n) is 3.47. The van der Waals surface area contributed by atoms with Crippen molar-refractivity contribution in [1.82, 2.24) is 14.8 Å². The summed E-state index contributed by atoms with van der Waals surface area (Å²) in [4.78, 5) is 32.2. The minimum Gasteiger partial charge on any atom is -0.490 e. The van der Waals surface area contributed by atoms with E-state index in [0.29, 0.717) is 32.6 Å². The second-order valence-electron chi connectivity index (χ2n) is 6.62. The van der Waals surface area contributed by atoms with Crippen molar-refractivity contribution < 1.29 is 14.3 Å². The molecule has 1 aromatic heterocycles. The molecule has 1 aromatic rings. The smallest absolute Gasteiger partial charge is 0.227 e. The van der Waals surface area contributed by atoms with Crippen LogP contribution in [0, 0.1) is 12.8 Å². The molecule has 0 saturated carbocycles. The minimum atomic E-state index is -0.169. The van der Waals surface area contributed by atoms with Crippen LogP contribution in [0.15, 0.2) is 18.5 Å². The number of aryl methyl sites for hydroxylation is 1. The standard InChI is InChI=1S/C18H25N3O3/c1-3-20-12-14(10-17(20)22)18(23)21-8-5-15(6-9-21)24-16-4-7-19-11-13(16)2/h4,7,11,14-15H,3,5-6,8-10,12H2,1-2H3/t14-/m1/s1. The SMILES string of the molecule is CCN1C[C@H](C(=O)N2CCC(Oc3ccncc3C)CC2)CC1=O. The Labute approximate surface area is 142 Å². The summed E-state index contributed by atoms with van der Waals surface area (Å²) in [6.07, 6.45) is 5.67. The Morgan fingerprint density at radius 3 is 2.75 bits per heavy atom. The summed E-state index contributed by atoms with van der Waals surface area (Å²) in [7, 11) is 0. The number of amides is 2. The van der Waals surface area contributed by atoms with Gasteiger partial charge in [-0.25, -0.2) is 0 Å². The molecule has 6 heteroatoms. The van der Waals surface area contributed by atoms with E-state index in [1.165, 1.54) is 0 Å². The summed E-state index contributed by atoms with van der Waals surface area (Å²) in [5.41, 5.74) is 1.03. The van der Waals surface area contributed by atoms with Crippen LogP contribution in [0.2, 0.25) is 0 Å². The first-order chi connectivity index (χ1) is 11.6. The molecular weight excluding hydrogens is 306 g/mol. The van der Waals surface area contributed by atoms with E-state index in [-0.39, 0.29) is 23.8 Å². The van der Waals surface area contributed by atoms with Crippen molar-refractivity contribution in [3.63, 3.8) is 0 Å². The third-order valence-corrected chi connectivity index (χ3v) is 4.96. The Bertz CT molecular complexity index is 611. The molecule has 2 aliphatic heterocycles. The van der Waals surface area contributed by atoms with Crippen LogP contribution in [0.4, 0.5) is 0 Å². The lowest BCUT2D eigenvalue weighted by Gasteiger charge is -2.33. The number of hydrogen-bond donors (Lipinski definition) is 0. The molecule has 2 aliphatic rings. The molecule has 24 heavy (non-hydrogen) atoms. The summed E-state index contributed by atoms with van der Waals surface area (Å²) < 4.78 is 6.05. The monoisotopic (exact) mass is 331 g/mol. The Balaban J connectivity index is 1.51. The molecule has 2 fully saturated rings. The zero-order chi connectivity index (χ0) is 17.1. The van der Waals surface area contributed by atoms with Gasteiger partial charge in [-0.15, -0.1) is 0 Å². The van der Waals surface area contributed by atoms with E-state index in [2.05, 4.69) is 4.98 Å². The number of likely N-dealkylation sites (tertiary alicyclic amines) is 2. The van der Waals surface area contributed by atoms with Crippen LogP contribution >= 0.6 is 0 Å². The summed E-state index contributed by atoms with van der Waals surface area (Å²) in [6.45, 7) is 6.59. The lowest BCUT2D eigenvalue weighted by atomic mass is 10.0. The lowest BCUT2D eigenvalue weighted by Crippen LogP contribution is -2.44. The molecule has 130 valence electrons. The number of carbonyl (C=O) groups is 2. The second kappa shape index (κ2) is 7.20. The molecule has 6 nitrogen and oxygen atoms in total. The molecule has 0 N–H and O–H groups in total. The van der Waals surface area contributed by atoms with Gasteiger partial charge in [-0.3, -0.25) is 14.6 Å². The van der Waals surface area contributed by atoms with Gasteiger partial charge in [-0.05, 0) is 19.9 Å². The zero-order valence-electron chi connectivity index (χ0n) is 14.4. The van der Waals surface area contributed by atoms with Gasteiger partial charge in [0.1, 0.15) is 11.9 Å². The van der Waals surface area contributed by atoms with Gasteiger partial charge in [0.15, 0.2) is 0 Å². The first-order valence-corrected chi connectivity index (χ1v) is 8.72. The first-order valence-electron chi connectivity index (χ1n) is 8.72. The third kappa shape index (κ3) is 3.52. The van der Waals surface area contributed by atoms with Gasteiger partial charge in [0.25, 0.3) is 0 Å². The first kappa shape index (κ1) is 16.7. The number of pyridine rings is 1. The summed E-state index contributed by atoms with van der Waals surface area (Å²) in [5, 5.41) is 0. The molecule has 3 rings (SSSR count). The van der Waals surface area contributed by atoms with Crippen molar-refractivity contribution in [2.75, 3.05) is 26.2 Å². The highest BCUT2D eigenvalue weighted by molar-refractivity contribution is 5.89. The van der Waals surface area contributed by atoms with Crippen LogP contribution in [0.25, 0.3) is 0 Å². The predicted molar refractivity (Wildman–Crippen MR) is 89.6 cm³/mol. The van der Waals surface area contributed by atoms with Crippen LogP contribution in [-0.2, 0) is 9.59 Å². The van der Waals surface area contributed by atoms with E-state index in [1.807, 2.05) is 24.8 Å². The number of ether oxygens (including phenoxy) is 1. The number of carbonyl (C=O) groups excluding carboxylic acids is 2. The van der Waals surface area contributed by atoms with Crippen LogP contribution in [0.5, 0.6) is 5.75 Å². The van der Waals surface area contributed by atoms with E-state index in [1.54, 1.807) is 17.3 Å². The van der Waals surface area contributed by atoms with E-state index in [4.69, 9.17) is 4.74 Å². The summed E-state index contributed by atoms with van der Waals surface area (Å²) in [5.74, 6) is 0.923. The summed E-state index contributed by atoms with van der Waals surface area (Å²) >= 11 is 0. The van der Waals surface area contributed by atoms with Crippen molar-refractivity contribution in [3.8, 4) is 5.75 Å². The molecule has 0 aliphatic carbocycles. The second-order valence-corrected chi connectivity index (χ2v) is 6.62. The van der Waals surface area contributed by atoms with Gasteiger partial charge < -0.3 is 14.5 Å². The van der Waals surface area contributed by atoms with Crippen LogP contribution in [0.1, 0.15) is 31.7 Å². The number of rotatable bonds is 4. The largest absolute Gasteiger partial charge is 0.490 e. The number of aromatic nitrogens is 1. The maximum atomic E-state index is 12.6. The van der Waals surface area contributed by atoms with Gasteiger partial charge in [0.05, 0.1) is 5.92 Å². The fraction of sp³-hybridized carbons (Fsp3) is 0.611. The van der Waals surface area contributed by atoms with Gasteiger partial charge in [0.2, 0.25) is 11.8 Å². The zero-order valence-corrected chi connectivity index (χ0v) is 14.4. The Hall–Kier alpha value is -2.11. The highest BCUT2D eigenvalue weighted by Gasteiger charge is 2.36. The van der Waals surface area contributed by atoms with Gasteiger partial charge in [0, 0.05) is 63.4 Å². The molecule has 0 aromatic carbocycles. The molecule has 3 heterocycles. The van der Waals surface area contributed by atoms with Crippen LogP contribution < -0.4 is 4.74 Å². The fourth-order valence-corrected chi connectivity index (χ4v) is 3.47. The summed E-state index contributed by atoms with van der Waals surface area (Å²) in [6, 6.07) is 1.89. The van der Waals surface area contributed by atoms with E-state index >= 15 is 0 Å². The molecule has 1 atom stereocenters. The van der Waals surface area contributed by atoms with Crippen molar-refractivity contribution in [2.24, 2.45) is 5.92 Å². The van der Waals surface area contributed by atoms with Crippen LogP contribution in [-0.4, -0.2) is 58.9 Å².